The number of aromatic amines is 1. The first kappa shape index (κ1) is 16.7. The minimum Gasteiger partial charge on any atom is -0.475 e. The highest BCUT2D eigenvalue weighted by Crippen LogP contribution is 2.10. The number of aryl methyl sites for hydroxylation is 2. The Hall–Kier alpha value is -2.63. The summed E-state index contributed by atoms with van der Waals surface area (Å²) >= 11 is 0. The monoisotopic (exact) mass is 315 g/mol. The number of H-pyrrole nitrogens is 1. The van der Waals surface area contributed by atoms with Crippen molar-refractivity contribution in [2.75, 3.05) is 0 Å². The lowest BCUT2D eigenvalue weighted by Crippen LogP contribution is -2.28. The maximum absolute atomic E-state index is 12.1. The van der Waals surface area contributed by atoms with Crippen LogP contribution in [0.15, 0.2) is 29.2 Å². The molecule has 0 saturated heterocycles. The zero-order valence-electron chi connectivity index (χ0n) is 13.8. The predicted molar refractivity (Wildman–Crippen MR) is 87.7 cm³/mol. The summed E-state index contributed by atoms with van der Waals surface area (Å²) in [7, 11) is 0. The van der Waals surface area contributed by atoms with Crippen molar-refractivity contribution < 1.29 is 9.53 Å². The zero-order valence-corrected chi connectivity index (χ0v) is 13.8. The molecule has 2 N–H and O–H groups in total. The second-order valence-corrected chi connectivity index (χ2v) is 5.68. The van der Waals surface area contributed by atoms with E-state index in [1.165, 1.54) is 6.20 Å². The number of carbonyl (C=O) groups excluding carboxylic acids is 1. The minimum atomic E-state index is -0.284. The molecule has 0 fully saturated rings. The Morgan fingerprint density at radius 2 is 2.09 bits per heavy atom. The zero-order chi connectivity index (χ0) is 17.0. The summed E-state index contributed by atoms with van der Waals surface area (Å²) in [5.74, 6) is 0.190. The van der Waals surface area contributed by atoms with E-state index >= 15 is 0 Å². The predicted octanol–water partition coefficient (Wildman–Crippen LogP) is 2.10. The molecule has 1 amide bonds. The number of rotatable bonds is 5. The normalized spacial score (nSPS) is 10.7. The number of aromatic nitrogens is 2. The average Bonchev–Trinajstić information content (AvgIpc) is 2.46. The van der Waals surface area contributed by atoms with Crippen molar-refractivity contribution in [3.63, 3.8) is 0 Å². The van der Waals surface area contributed by atoms with Crippen molar-refractivity contribution in [2.24, 2.45) is 0 Å². The maximum atomic E-state index is 12.1. The van der Waals surface area contributed by atoms with Gasteiger partial charge in [-0.1, -0.05) is 0 Å². The van der Waals surface area contributed by atoms with Gasteiger partial charge < -0.3 is 15.0 Å². The summed E-state index contributed by atoms with van der Waals surface area (Å²) < 4.78 is 5.43. The Labute approximate surface area is 134 Å². The average molecular weight is 315 g/mol. The van der Waals surface area contributed by atoms with Crippen LogP contribution in [-0.4, -0.2) is 22.0 Å². The van der Waals surface area contributed by atoms with Crippen LogP contribution in [0.25, 0.3) is 0 Å². The lowest BCUT2D eigenvalue weighted by atomic mass is 10.1. The smallest absolute Gasteiger partial charge is 0.253 e. The fraction of sp³-hybridized carbons (Fsp3) is 0.353. The summed E-state index contributed by atoms with van der Waals surface area (Å²) in [5.41, 5.74) is 2.44. The van der Waals surface area contributed by atoms with Gasteiger partial charge in [-0.2, -0.15) is 0 Å². The highest BCUT2D eigenvalue weighted by atomic mass is 16.5. The van der Waals surface area contributed by atoms with Gasteiger partial charge in [-0.25, -0.2) is 4.98 Å². The third kappa shape index (κ3) is 4.42. The number of hydrogen-bond donors (Lipinski definition) is 2. The van der Waals surface area contributed by atoms with E-state index in [1.807, 2.05) is 33.8 Å². The fourth-order valence-electron chi connectivity index (χ4n) is 2.20. The number of amides is 1. The Morgan fingerprint density at radius 3 is 2.65 bits per heavy atom. The van der Waals surface area contributed by atoms with E-state index in [9.17, 15) is 9.59 Å². The molecule has 0 aliphatic carbocycles. The van der Waals surface area contributed by atoms with Gasteiger partial charge in [0.05, 0.1) is 11.7 Å². The maximum Gasteiger partial charge on any atom is 0.253 e. The number of nitrogens with zero attached hydrogens (tertiary/aromatic N) is 1. The molecule has 122 valence electrons. The summed E-state index contributed by atoms with van der Waals surface area (Å²) in [6.07, 6.45) is 1.48. The van der Waals surface area contributed by atoms with Crippen molar-refractivity contribution in [3.05, 3.63) is 57.1 Å². The minimum absolute atomic E-state index is 0.0263. The lowest BCUT2D eigenvalue weighted by molar-refractivity contribution is 0.0950. The number of hydrogen-bond acceptors (Lipinski definition) is 4. The van der Waals surface area contributed by atoms with E-state index in [1.54, 1.807) is 12.1 Å². The van der Waals surface area contributed by atoms with Crippen LogP contribution in [0, 0.1) is 13.8 Å². The molecular weight excluding hydrogens is 294 g/mol. The van der Waals surface area contributed by atoms with Gasteiger partial charge in [0, 0.05) is 30.1 Å². The van der Waals surface area contributed by atoms with E-state index in [0.29, 0.717) is 17.0 Å². The van der Waals surface area contributed by atoms with Gasteiger partial charge in [-0.3, -0.25) is 9.59 Å². The van der Waals surface area contributed by atoms with Crippen LogP contribution < -0.4 is 15.6 Å². The largest absolute Gasteiger partial charge is 0.475 e. The van der Waals surface area contributed by atoms with Crippen LogP contribution in [0.2, 0.25) is 0 Å². The van der Waals surface area contributed by atoms with Crippen LogP contribution in [0.1, 0.15) is 41.0 Å². The quantitative estimate of drug-likeness (QED) is 0.885. The van der Waals surface area contributed by atoms with Gasteiger partial charge in [0.1, 0.15) is 0 Å². The second kappa shape index (κ2) is 7.09. The van der Waals surface area contributed by atoms with Gasteiger partial charge in [0.15, 0.2) is 0 Å². The van der Waals surface area contributed by atoms with Gasteiger partial charge in [-0.15, -0.1) is 0 Å². The molecule has 0 atom stereocenters. The summed E-state index contributed by atoms with van der Waals surface area (Å²) in [5, 5.41) is 2.74. The van der Waals surface area contributed by atoms with Crippen molar-refractivity contribution in [2.45, 2.75) is 40.3 Å². The van der Waals surface area contributed by atoms with Gasteiger partial charge >= 0.3 is 0 Å². The number of nitrogens with one attached hydrogen (secondary N) is 2. The van der Waals surface area contributed by atoms with Crippen LogP contribution >= 0.6 is 0 Å². The third-order valence-corrected chi connectivity index (χ3v) is 3.27. The topological polar surface area (TPSA) is 84.1 Å². The Morgan fingerprint density at radius 1 is 1.35 bits per heavy atom. The summed E-state index contributed by atoms with van der Waals surface area (Å²) in [6, 6.07) is 5.17. The molecule has 2 aromatic heterocycles. The third-order valence-electron chi connectivity index (χ3n) is 3.27. The first-order valence-electron chi connectivity index (χ1n) is 7.47. The van der Waals surface area contributed by atoms with E-state index in [-0.39, 0.29) is 24.1 Å². The fourth-order valence-corrected chi connectivity index (χ4v) is 2.20. The van der Waals surface area contributed by atoms with E-state index < -0.39 is 0 Å². The first-order chi connectivity index (χ1) is 10.9. The number of carbonyl (C=O) groups is 1. The molecule has 2 heterocycles. The molecule has 0 saturated carbocycles. The molecule has 2 rings (SSSR count). The van der Waals surface area contributed by atoms with Gasteiger partial charge in [-0.05, 0) is 45.4 Å². The standard InChI is InChI=1S/C17H21N3O3/c1-10(2)23-15-6-5-13(8-18-15)16(21)19-9-14-11(3)7-12(4)20-17(14)22/h5-8,10H,9H2,1-4H3,(H,19,21)(H,20,22). The van der Waals surface area contributed by atoms with Gasteiger partial charge in [0.25, 0.3) is 11.5 Å². The van der Waals surface area contributed by atoms with E-state index in [4.69, 9.17) is 4.74 Å². The molecule has 0 unspecified atom stereocenters. The van der Waals surface area contributed by atoms with Gasteiger partial charge in [0.2, 0.25) is 5.88 Å². The van der Waals surface area contributed by atoms with Crippen LogP contribution in [0.4, 0.5) is 0 Å². The van der Waals surface area contributed by atoms with E-state index in [2.05, 4.69) is 15.3 Å². The van der Waals surface area contributed by atoms with Crippen LogP contribution in [0.5, 0.6) is 5.88 Å². The first-order valence-corrected chi connectivity index (χ1v) is 7.47. The Balaban J connectivity index is 2.04. The molecule has 6 nitrogen and oxygen atoms in total. The van der Waals surface area contributed by atoms with E-state index in [0.717, 1.165) is 11.3 Å². The molecule has 0 radical (unpaired) electrons. The SMILES string of the molecule is Cc1cc(C)c(CNC(=O)c2ccc(OC(C)C)nc2)c(=O)[nH]1. The Kier molecular flexibility index (Phi) is 5.16. The molecule has 0 aliphatic heterocycles. The molecular formula is C17H21N3O3. The summed E-state index contributed by atoms with van der Waals surface area (Å²) in [6.45, 7) is 7.66. The lowest BCUT2D eigenvalue weighted by Gasteiger charge is -2.10. The molecule has 0 aromatic carbocycles. The van der Waals surface area contributed by atoms with Crippen molar-refractivity contribution in [3.8, 4) is 5.88 Å². The Bertz CT molecular complexity index is 749. The summed E-state index contributed by atoms with van der Waals surface area (Å²) in [4.78, 5) is 30.9. The molecule has 23 heavy (non-hydrogen) atoms. The molecule has 0 spiro atoms. The molecule has 0 bridgehead atoms. The highest BCUT2D eigenvalue weighted by molar-refractivity contribution is 5.93. The highest BCUT2D eigenvalue weighted by Gasteiger charge is 2.10. The number of pyridine rings is 2. The molecule has 0 aliphatic rings. The van der Waals surface area contributed by atoms with Crippen LogP contribution in [0.3, 0.4) is 0 Å². The van der Waals surface area contributed by atoms with Crippen LogP contribution in [-0.2, 0) is 6.54 Å². The molecule has 2 aromatic rings. The number of ether oxygens (including phenoxy) is 1. The second-order valence-electron chi connectivity index (χ2n) is 5.68. The van der Waals surface area contributed by atoms with Crippen molar-refractivity contribution in [1.29, 1.82) is 0 Å². The van der Waals surface area contributed by atoms with Crippen molar-refractivity contribution in [1.82, 2.24) is 15.3 Å². The van der Waals surface area contributed by atoms with Crippen molar-refractivity contribution >= 4 is 5.91 Å². The molecule has 6 heteroatoms.